The summed E-state index contributed by atoms with van der Waals surface area (Å²) < 4.78 is 17.7. The predicted molar refractivity (Wildman–Crippen MR) is 121 cm³/mol. The van der Waals surface area contributed by atoms with Gasteiger partial charge in [0.25, 0.3) is 5.91 Å². The van der Waals surface area contributed by atoms with Gasteiger partial charge in [-0.25, -0.2) is 4.98 Å². The van der Waals surface area contributed by atoms with Gasteiger partial charge in [-0.3, -0.25) is 9.69 Å². The molecule has 0 saturated heterocycles. The first-order chi connectivity index (χ1) is 13.4. The molecule has 0 N–H and O–H groups in total. The zero-order chi connectivity index (χ0) is 20.3. The second-order valence-electron chi connectivity index (χ2n) is 6.36. The van der Waals surface area contributed by atoms with Gasteiger partial charge in [-0.15, -0.1) is 12.4 Å². The molecule has 0 saturated carbocycles. The highest BCUT2D eigenvalue weighted by Gasteiger charge is 2.25. The standard InChI is InChI=1S/C19H22BrN3O4S.ClH/c1-22(2)10-5-11-23(18(24)14-8-9-15(20)27-14)19-21-16-12(25-3)6-7-13(26-4)17(16)28-19;/h6-9H,5,10-11H2,1-4H3;1H. The molecule has 29 heavy (non-hydrogen) atoms. The Labute approximate surface area is 188 Å². The lowest BCUT2D eigenvalue weighted by Gasteiger charge is -2.19. The van der Waals surface area contributed by atoms with Gasteiger partial charge in [0.2, 0.25) is 0 Å². The predicted octanol–water partition coefficient (Wildman–Crippen LogP) is 4.69. The number of hydrogen-bond donors (Lipinski definition) is 0. The van der Waals surface area contributed by atoms with E-state index in [2.05, 4.69) is 20.8 Å². The molecule has 0 aliphatic heterocycles. The van der Waals surface area contributed by atoms with Crippen molar-refractivity contribution in [2.24, 2.45) is 0 Å². The number of hydrogen-bond acceptors (Lipinski definition) is 7. The zero-order valence-electron chi connectivity index (χ0n) is 16.6. The Bertz CT molecular complexity index is 935. The number of methoxy groups -OCH3 is 2. The van der Waals surface area contributed by atoms with Gasteiger partial charge in [-0.05, 0) is 67.3 Å². The third kappa shape index (κ3) is 5.22. The average molecular weight is 505 g/mol. The molecule has 0 aliphatic rings. The van der Waals surface area contributed by atoms with Gasteiger partial charge in [0, 0.05) is 6.54 Å². The molecular weight excluding hydrogens is 482 g/mol. The SMILES string of the molecule is COc1ccc(OC)c2sc(N(CCCN(C)C)C(=O)c3ccc(Br)o3)nc12.Cl. The first-order valence-electron chi connectivity index (χ1n) is 8.68. The van der Waals surface area contributed by atoms with Crippen molar-refractivity contribution >= 4 is 60.9 Å². The number of amides is 1. The van der Waals surface area contributed by atoms with Crippen LogP contribution in [-0.2, 0) is 0 Å². The number of rotatable bonds is 8. The number of fused-ring (bicyclic) bond motifs is 1. The van der Waals surface area contributed by atoms with Gasteiger partial charge in [0.05, 0.1) is 14.2 Å². The van der Waals surface area contributed by atoms with Gasteiger partial charge < -0.3 is 18.8 Å². The molecule has 1 aromatic carbocycles. The van der Waals surface area contributed by atoms with E-state index in [-0.39, 0.29) is 24.1 Å². The topological polar surface area (TPSA) is 68.0 Å². The van der Waals surface area contributed by atoms with E-state index in [1.54, 1.807) is 31.3 Å². The summed E-state index contributed by atoms with van der Waals surface area (Å²) in [7, 11) is 7.22. The van der Waals surface area contributed by atoms with Crippen molar-refractivity contribution in [2.75, 3.05) is 46.3 Å². The number of thiazole rings is 1. The van der Waals surface area contributed by atoms with Crippen LogP contribution < -0.4 is 14.4 Å². The summed E-state index contributed by atoms with van der Waals surface area (Å²) in [5, 5.41) is 0.578. The molecule has 0 atom stereocenters. The first kappa shape index (κ1) is 23.5. The lowest BCUT2D eigenvalue weighted by atomic mass is 10.3. The molecule has 3 aromatic rings. The van der Waals surface area contributed by atoms with Crippen LogP contribution in [0.2, 0.25) is 0 Å². The van der Waals surface area contributed by atoms with Crippen LogP contribution in [0, 0.1) is 0 Å². The van der Waals surface area contributed by atoms with Crippen LogP contribution in [0.5, 0.6) is 11.5 Å². The summed E-state index contributed by atoms with van der Waals surface area (Å²) >= 11 is 4.65. The van der Waals surface area contributed by atoms with Gasteiger partial charge in [-0.2, -0.15) is 0 Å². The van der Waals surface area contributed by atoms with E-state index in [4.69, 9.17) is 18.9 Å². The first-order valence-corrected chi connectivity index (χ1v) is 10.3. The van der Waals surface area contributed by atoms with Gasteiger partial charge in [0.15, 0.2) is 15.6 Å². The minimum Gasteiger partial charge on any atom is -0.495 e. The third-order valence-electron chi connectivity index (χ3n) is 4.15. The summed E-state index contributed by atoms with van der Waals surface area (Å²) in [5.41, 5.74) is 0.674. The third-order valence-corrected chi connectivity index (χ3v) is 5.67. The number of aromatic nitrogens is 1. The minimum absolute atomic E-state index is 0. The van der Waals surface area contributed by atoms with E-state index >= 15 is 0 Å². The Hall–Kier alpha value is -1.81. The molecule has 0 fully saturated rings. The Kier molecular flexibility index (Phi) is 8.33. The number of anilines is 1. The summed E-state index contributed by atoms with van der Waals surface area (Å²) in [6, 6.07) is 7.01. The number of ether oxygens (including phenoxy) is 2. The number of carbonyl (C=O) groups excluding carboxylic acids is 1. The summed E-state index contributed by atoms with van der Waals surface area (Å²) in [6.07, 6.45) is 0.796. The second kappa shape index (κ2) is 10.3. The fourth-order valence-electron chi connectivity index (χ4n) is 2.78. The van der Waals surface area contributed by atoms with E-state index in [0.717, 1.165) is 17.7 Å². The van der Waals surface area contributed by atoms with Crippen molar-refractivity contribution in [3.63, 3.8) is 0 Å². The maximum absolute atomic E-state index is 13.1. The van der Waals surface area contributed by atoms with Crippen molar-refractivity contribution in [3.8, 4) is 11.5 Å². The summed E-state index contributed by atoms with van der Waals surface area (Å²) in [4.78, 5) is 21.5. The van der Waals surface area contributed by atoms with Crippen LogP contribution in [0.25, 0.3) is 10.2 Å². The maximum atomic E-state index is 13.1. The maximum Gasteiger partial charge on any atom is 0.295 e. The smallest absolute Gasteiger partial charge is 0.295 e. The minimum atomic E-state index is -0.235. The van der Waals surface area contributed by atoms with Crippen molar-refractivity contribution < 1.29 is 18.7 Å². The molecule has 7 nitrogen and oxygen atoms in total. The Morgan fingerprint density at radius 3 is 2.41 bits per heavy atom. The van der Waals surface area contributed by atoms with Crippen LogP contribution in [0.1, 0.15) is 17.0 Å². The molecule has 0 aliphatic carbocycles. The molecular formula is C19H23BrClN3O4S. The van der Waals surface area contributed by atoms with Crippen molar-refractivity contribution in [2.45, 2.75) is 6.42 Å². The molecule has 158 valence electrons. The number of benzene rings is 1. The van der Waals surface area contributed by atoms with E-state index in [1.165, 1.54) is 11.3 Å². The molecule has 3 rings (SSSR count). The van der Waals surface area contributed by atoms with E-state index in [9.17, 15) is 4.79 Å². The number of halogens is 2. The Balaban J connectivity index is 0.00000300. The number of furan rings is 1. The van der Waals surface area contributed by atoms with Crippen molar-refractivity contribution in [3.05, 3.63) is 34.7 Å². The molecule has 0 radical (unpaired) electrons. The van der Waals surface area contributed by atoms with Crippen LogP contribution in [0.15, 0.2) is 33.4 Å². The van der Waals surface area contributed by atoms with Gasteiger partial charge in [0.1, 0.15) is 21.7 Å². The fraction of sp³-hybridized carbons (Fsp3) is 0.368. The van der Waals surface area contributed by atoms with E-state index in [1.807, 2.05) is 26.2 Å². The zero-order valence-corrected chi connectivity index (χ0v) is 19.8. The Morgan fingerprint density at radius 2 is 1.83 bits per heavy atom. The average Bonchev–Trinajstić information content (AvgIpc) is 3.30. The second-order valence-corrected chi connectivity index (χ2v) is 8.12. The molecule has 0 spiro atoms. The largest absolute Gasteiger partial charge is 0.495 e. The van der Waals surface area contributed by atoms with Gasteiger partial charge >= 0.3 is 0 Å². The van der Waals surface area contributed by atoms with Crippen LogP contribution >= 0.6 is 39.7 Å². The quantitative estimate of drug-likeness (QED) is 0.443. The van der Waals surface area contributed by atoms with Crippen molar-refractivity contribution in [1.29, 1.82) is 0 Å². The monoisotopic (exact) mass is 503 g/mol. The van der Waals surface area contributed by atoms with E-state index in [0.29, 0.717) is 33.4 Å². The molecule has 0 unspecified atom stereocenters. The van der Waals surface area contributed by atoms with Crippen molar-refractivity contribution in [1.82, 2.24) is 9.88 Å². The highest BCUT2D eigenvalue weighted by atomic mass is 79.9. The fourth-order valence-corrected chi connectivity index (χ4v) is 4.19. The molecule has 2 aromatic heterocycles. The van der Waals surface area contributed by atoms with Crippen LogP contribution in [0.4, 0.5) is 5.13 Å². The molecule has 1 amide bonds. The molecule has 2 heterocycles. The lowest BCUT2D eigenvalue weighted by Crippen LogP contribution is -2.33. The van der Waals surface area contributed by atoms with E-state index < -0.39 is 0 Å². The number of nitrogens with zero attached hydrogens (tertiary/aromatic N) is 3. The molecule has 0 bridgehead atoms. The lowest BCUT2D eigenvalue weighted by molar-refractivity contribution is 0.0958. The highest BCUT2D eigenvalue weighted by Crippen LogP contribution is 2.40. The normalized spacial score (nSPS) is 10.8. The summed E-state index contributed by atoms with van der Waals surface area (Å²) in [6.45, 7) is 1.36. The summed E-state index contributed by atoms with van der Waals surface area (Å²) in [5.74, 6) is 1.36. The molecule has 10 heteroatoms. The highest BCUT2D eigenvalue weighted by molar-refractivity contribution is 9.10. The van der Waals surface area contributed by atoms with Crippen LogP contribution in [-0.4, -0.2) is 57.2 Å². The number of carbonyl (C=O) groups is 1. The van der Waals surface area contributed by atoms with Crippen LogP contribution in [0.3, 0.4) is 0 Å². The van der Waals surface area contributed by atoms with Gasteiger partial charge in [-0.1, -0.05) is 11.3 Å². The Morgan fingerprint density at radius 1 is 1.14 bits per heavy atom.